The number of carbonyl (C=O) groups excluding carboxylic acids is 1. The average Bonchev–Trinajstić information content (AvgIpc) is 3.45. The van der Waals surface area contributed by atoms with Crippen molar-refractivity contribution in [2.45, 2.75) is 39.2 Å². The van der Waals surface area contributed by atoms with Crippen molar-refractivity contribution >= 4 is 11.9 Å². The molecule has 1 amide bonds. The molecule has 0 unspecified atom stereocenters. The molecule has 4 rings (SSSR count). The van der Waals surface area contributed by atoms with Gasteiger partial charge in [-0.3, -0.25) is 9.59 Å². The quantitative estimate of drug-likeness (QED) is 0.834. The molecule has 0 atom stereocenters. The van der Waals surface area contributed by atoms with E-state index in [0.29, 0.717) is 48.2 Å². The number of nitrogens with one attached hydrogen (secondary N) is 2. The third-order valence-corrected chi connectivity index (χ3v) is 4.82. The van der Waals surface area contributed by atoms with Crippen LogP contribution in [0.5, 0.6) is 0 Å². The van der Waals surface area contributed by atoms with Crippen LogP contribution in [-0.2, 0) is 19.4 Å². The Labute approximate surface area is 151 Å². The van der Waals surface area contributed by atoms with Gasteiger partial charge in [-0.25, -0.2) is 15.0 Å². The van der Waals surface area contributed by atoms with E-state index in [-0.39, 0.29) is 11.5 Å². The Balaban J connectivity index is 1.52. The summed E-state index contributed by atoms with van der Waals surface area (Å²) in [6.07, 6.45) is 6.81. The molecule has 1 saturated carbocycles. The number of aromatic nitrogens is 4. The molecule has 2 aromatic heterocycles. The normalized spacial score (nSPS) is 16.3. The van der Waals surface area contributed by atoms with Gasteiger partial charge in [-0.05, 0) is 32.1 Å². The van der Waals surface area contributed by atoms with Crippen LogP contribution in [0.25, 0.3) is 0 Å². The maximum absolute atomic E-state index is 12.7. The van der Waals surface area contributed by atoms with Crippen LogP contribution in [0.4, 0.5) is 5.95 Å². The molecule has 0 spiro atoms. The summed E-state index contributed by atoms with van der Waals surface area (Å²) in [5.41, 5.74) is 1.80. The predicted molar refractivity (Wildman–Crippen MR) is 95.9 cm³/mol. The molecular formula is C18H22N6O2. The second kappa shape index (κ2) is 6.86. The Morgan fingerprint density at radius 2 is 2.12 bits per heavy atom. The van der Waals surface area contributed by atoms with Crippen LogP contribution in [0, 0.1) is 5.92 Å². The van der Waals surface area contributed by atoms with Gasteiger partial charge in [-0.2, -0.15) is 0 Å². The highest BCUT2D eigenvalue weighted by atomic mass is 16.2. The Bertz CT molecular complexity index is 872. The molecular weight excluding hydrogens is 332 g/mol. The summed E-state index contributed by atoms with van der Waals surface area (Å²) in [6.45, 7) is 3.53. The van der Waals surface area contributed by atoms with Gasteiger partial charge in [0.15, 0.2) is 0 Å². The molecule has 2 aliphatic rings. The number of hydrogen-bond acceptors (Lipinski definition) is 6. The molecule has 8 nitrogen and oxygen atoms in total. The highest BCUT2D eigenvalue weighted by Crippen LogP contribution is 2.31. The second-order valence-corrected chi connectivity index (χ2v) is 6.89. The van der Waals surface area contributed by atoms with E-state index in [0.717, 1.165) is 18.8 Å². The first-order valence-electron chi connectivity index (χ1n) is 9.10. The Hall–Kier alpha value is -2.77. The molecule has 2 N–H and O–H groups in total. The van der Waals surface area contributed by atoms with E-state index < -0.39 is 0 Å². The molecule has 0 radical (unpaired) electrons. The van der Waals surface area contributed by atoms with Gasteiger partial charge >= 0.3 is 0 Å². The van der Waals surface area contributed by atoms with Gasteiger partial charge in [-0.15, -0.1) is 0 Å². The fraction of sp³-hybridized carbons (Fsp3) is 0.500. The monoisotopic (exact) mass is 354 g/mol. The standard InChI is InChI=1S/C18H22N6O2/c1-2-19-18-20-8-12(9-21-18)17(26)24-6-5-13-14(10-24)22-15(23-16(13)25)7-11-3-4-11/h8-9,11H,2-7,10H2,1H3,(H,19,20,21)(H,22,23,25). The lowest BCUT2D eigenvalue weighted by atomic mass is 10.1. The second-order valence-electron chi connectivity index (χ2n) is 6.89. The van der Waals surface area contributed by atoms with Crippen LogP contribution in [0.15, 0.2) is 17.2 Å². The highest BCUT2D eigenvalue weighted by molar-refractivity contribution is 5.93. The molecule has 2 aromatic rings. The SMILES string of the molecule is CCNc1ncc(C(=O)N2CCc3c(nc(CC4CC4)[nH]c3=O)C2)cn1. The van der Waals surface area contributed by atoms with Crippen molar-refractivity contribution in [2.24, 2.45) is 5.92 Å². The van der Waals surface area contributed by atoms with Crippen LogP contribution in [0.1, 0.15) is 47.2 Å². The lowest BCUT2D eigenvalue weighted by Gasteiger charge is -2.27. The van der Waals surface area contributed by atoms with E-state index in [9.17, 15) is 9.59 Å². The Kier molecular flexibility index (Phi) is 4.40. The minimum atomic E-state index is -0.135. The lowest BCUT2D eigenvalue weighted by Crippen LogP contribution is -2.39. The molecule has 26 heavy (non-hydrogen) atoms. The summed E-state index contributed by atoms with van der Waals surface area (Å²) in [5, 5.41) is 3.00. The zero-order valence-corrected chi connectivity index (χ0v) is 14.8. The van der Waals surface area contributed by atoms with E-state index in [4.69, 9.17) is 0 Å². The number of fused-ring (bicyclic) bond motifs is 1. The van der Waals surface area contributed by atoms with Crippen LogP contribution >= 0.6 is 0 Å². The molecule has 136 valence electrons. The molecule has 3 heterocycles. The molecule has 8 heteroatoms. The van der Waals surface area contributed by atoms with Gasteiger partial charge in [-0.1, -0.05) is 0 Å². The predicted octanol–water partition coefficient (Wildman–Crippen LogP) is 1.14. The van der Waals surface area contributed by atoms with Gasteiger partial charge in [0.05, 0.1) is 17.8 Å². The van der Waals surface area contributed by atoms with E-state index >= 15 is 0 Å². The first kappa shape index (κ1) is 16.7. The zero-order chi connectivity index (χ0) is 18.1. The fourth-order valence-electron chi connectivity index (χ4n) is 3.23. The van der Waals surface area contributed by atoms with E-state index in [1.807, 2.05) is 6.92 Å². The molecule has 0 saturated heterocycles. The zero-order valence-electron chi connectivity index (χ0n) is 14.8. The van der Waals surface area contributed by atoms with Crippen LogP contribution in [0.3, 0.4) is 0 Å². The van der Waals surface area contributed by atoms with Crippen molar-refractivity contribution in [3.8, 4) is 0 Å². The van der Waals surface area contributed by atoms with Crippen LogP contribution in [-0.4, -0.2) is 43.8 Å². The lowest BCUT2D eigenvalue weighted by molar-refractivity contribution is 0.0730. The number of carbonyl (C=O) groups is 1. The first-order chi connectivity index (χ1) is 12.6. The molecule has 0 aromatic carbocycles. The van der Waals surface area contributed by atoms with Gasteiger partial charge in [0.25, 0.3) is 11.5 Å². The van der Waals surface area contributed by atoms with Gasteiger partial charge in [0.1, 0.15) is 5.82 Å². The van der Waals surface area contributed by atoms with Crippen molar-refractivity contribution in [1.29, 1.82) is 0 Å². The third kappa shape index (κ3) is 3.44. The Morgan fingerprint density at radius 3 is 2.81 bits per heavy atom. The maximum atomic E-state index is 12.7. The van der Waals surface area contributed by atoms with Crippen LogP contribution in [0.2, 0.25) is 0 Å². The van der Waals surface area contributed by atoms with Gasteiger partial charge in [0.2, 0.25) is 5.95 Å². The van der Waals surface area contributed by atoms with E-state index in [2.05, 4.69) is 25.3 Å². The number of aromatic amines is 1. The Morgan fingerprint density at radius 1 is 1.35 bits per heavy atom. The van der Waals surface area contributed by atoms with Crippen molar-refractivity contribution in [1.82, 2.24) is 24.8 Å². The number of H-pyrrole nitrogens is 1. The van der Waals surface area contributed by atoms with Gasteiger partial charge < -0.3 is 15.2 Å². The van der Waals surface area contributed by atoms with Crippen LogP contribution < -0.4 is 10.9 Å². The van der Waals surface area contributed by atoms with Crippen molar-refractivity contribution < 1.29 is 4.79 Å². The molecule has 1 aliphatic heterocycles. The number of nitrogens with zero attached hydrogens (tertiary/aromatic N) is 4. The summed E-state index contributed by atoms with van der Waals surface area (Å²) in [7, 11) is 0. The molecule has 0 bridgehead atoms. The fourth-order valence-corrected chi connectivity index (χ4v) is 3.23. The molecule has 1 fully saturated rings. The topological polar surface area (TPSA) is 104 Å². The number of amides is 1. The summed E-state index contributed by atoms with van der Waals surface area (Å²) < 4.78 is 0. The highest BCUT2D eigenvalue weighted by Gasteiger charge is 2.27. The van der Waals surface area contributed by atoms with Crippen molar-refractivity contribution in [3.05, 3.63) is 45.4 Å². The third-order valence-electron chi connectivity index (χ3n) is 4.82. The van der Waals surface area contributed by atoms with Gasteiger partial charge in [0, 0.05) is 37.5 Å². The van der Waals surface area contributed by atoms with Crippen molar-refractivity contribution in [3.63, 3.8) is 0 Å². The smallest absolute Gasteiger partial charge is 0.257 e. The molecule has 1 aliphatic carbocycles. The average molecular weight is 354 g/mol. The largest absolute Gasteiger partial charge is 0.355 e. The number of anilines is 1. The van der Waals surface area contributed by atoms with Crippen molar-refractivity contribution in [2.75, 3.05) is 18.4 Å². The summed E-state index contributed by atoms with van der Waals surface area (Å²) in [4.78, 5) is 42.6. The summed E-state index contributed by atoms with van der Waals surface area (Å²) in [6, 6.07) is 0. The first-order valence-corrected chi connectivity index (χ1v) is 9.10. The minimum Gasteiger partial charge on any atom is -0.355 e. The number of hydrogen-bond donors (Lipinski definition) is 2. The minimum absolute atomic E-state index is 0.0592. The number of rotatable bonds is 5. The summed E-state index contributed by atoms with van der Waals surface area (Å²) >= 11 is 0. The van der Waals surface area contributed by atoms with E-state index in [1.165, 1.54) is 25.2 Å². The summed E-state index contributed by atoms with van der Waals surface area (Å²) in [5.74, 6) is 1.75. The van der Waals surface area contributed by atoms with E-state index in [1.54, 1.807) is 4.90 Å². The maximum Gasteiger partial charge on any atom is 0.257 e.